The van der Waals surface area contributed by atoms with E-state index in [9.17, 15) is 5.41 Å². The number of amidine groups is 2. The third kappa shape index (κ3) is 7.20. The number of aromatic nitrogens is 2. The van der Waals surface area contributed by atoms with Crippen LogP contribution in [0.3, 0.4) is 0 Å². The Bertz CT molecular complexity index is 3810. The summed E-state index contributed by atoms with van der Waals surface area (Å²) in [6.45, 7) is 0. The maximum atomic E-state index is 9.82. The molecule has 0 atom stereocenters. The second kappa shape index (κ2) is 17.3. The first kappa shape index (κ1) is 40.3. The van der Waals surface area contributed by atoms with Gasteiger partial charge in [-0.3, -0.25) is 5.41 Å². The Morgan fingerprint density at radius 3 is 1.51 bits per heavy atom. The molecule has 0 saturated carbocycles. The topological polar surface area (TPSA) is 58.4 Å². The van der Waals surface area contributed by atoms with Gasteiger partial charge in [0.1, 0.15) is 0 Å². The molecule has 0 radical (unpaired) electrons. The number of nitrogens with one attached hydrogen (secondary N) is 1. The number of hydrogen-bond donors (Lipinski definition) is 1. The summed E-state index contributed by atoms with van der Waals surface area (Å²) in [5.41, 5.74) is 15.4. The normalized spacial score (nSPS) is 11.9. The molecule has 12 rings (SSSR count). The van der Waals surface area contributed by atoms with Crippen LogP contribution in [0.1, 0.15) is 16.7 Å². The Morgan fingerprint density at radius 1 is 0.397 bits per heavy atom. The number of fused-ring (bicyclic) bond motifs is 7. The quantitative estimate of drug-likeness (QED) is 0.117. The van der Waals surface area contributed by atoms with Crippen molar-refractivity contribution in [2.75, 3.05) is 0 Å². The van der Waals surface area contributed by atoms with Gasteiger partial charge in [-0.25, -0.2) is 9.98 Å². The van der Waals surface area contributed by atoms with Crippen molar-refractivity contribution in [2.24, 2.45) is 9.98 Å². The van der Waals surface area contributed by atoms with Crippen LogP contribution in [-0.2, 0) is 0 Å². The molecule has 2 heterocycles. The smallest absolute Gasteiger partial charge is 0.161 e. The van der Waals surface area contributed by atoms with Crippen LogP contribution in [0.5, 0.6) is 0 Å². The van der Waals surface area contributed by atoms with E-state index in [2.05, 4.69) is 221 Å². The molecule has 0 fully saturated rings. The van der Waals surface area contributed by atoms with Crippen molar-refractivity contribution in [3.8, 4) is 44.8 Å². The lowest BCUT2D eigenvalue weighted by Gasteiger charge is -2.21. The summed E-state index contributed by atoms with van der Waals surface area (Å²) >= 11 is 0. The van der Waals surface area contributed by atoms with Crippen LogP contribution in [0.25, 0.3) is 88.4 Å². The zero-order valence-corrected chi connectivity index (χ0v) is 37.0. The first-order valence-electron chi connectivity index (χ1n) is 22.9. The van der Waals surface area contributed by atoms with E-state index in [-0.39, 0.29) is 5.84 Å². The van der Waals surface area contributed by atoms with Crippen molar-refractivity contribution in [3.05, 3.63) is 265 Å². The highest BCUT2D eigenvalue weighted by atomic mass is 15.0. The van der Waals surface area contributed by atoms with E-state index < -0.39 is 0 Å². The molecule has 68 heavy (non-hydrogen) atoms. The molecular formula is C63H43N5. The minimum absolute atomic E-state index is 0.109. The molecule has 5 heteroatoms. The Balaban J connectivity index is 1.09. The molecule has 0 bridgehead atoms. The maximum Gasteiger partial charge on any atom is 0.161 e. The summed E-state index contributed by atoms with van der Waals surface area (Å²) in [5.74, 6) is 0.562. The first-order valence-corrected chi connectivity index (χ1v) is 22.9. The van der Waals surface area contributed by atoms with Crippen molar-refractivity contribution in [1.29, 1.82) is 5.41 Å². The Kier molecular flexibility index (Phi) is 10.3. The Labute approximate surface area is 394 Å². The molecule has 0 aliphatic carbocycles. The third-order valence-electron chi connectivity index (χ3n) is 12.9. The van der Waals surface area contributed by atoms with Gasteiger partial charge in [-0.1, -0.05) is 206 Å². The number of para-hydroxylation sites is 3. The van der Waals surface area contributed by atoms with E-state index >= 15 is 0 Å². The minimum Gasteiger partial charge on any atom is -0.309 e. The van der Waals surface area contributed by atoms with Crippen molar-refractivity contribution in [3.63, 3.8) is 0 Å². The fraction of sp³-hybridized carbons (Fsp3) is 0. The summed E-state index contributed by atoms with van der Waals surface area (Å²) in [6.07, 6.45) is 1.83. The van der Waals surface area contributed by atoms with Gasteiger partial charge in [0.25, 0.3) is 0 Å². The van der Waals surface area contributed by atoms with E-state index in [1.165, 1.54) is 21.7 Å². The second-order valence-corrected chi connectivity index (χ2v) is 16.9. The fourth-order valence-corrected chi connectivity index (χ4v) is 9.74. The average molecular weight is 870 g/mol. The molecular weight excluding hydrogens is 827 g/mol. The minimum atomic E-state index is 0.109. The second-order valence-electron chi connectivity index (χ2n) is 16.9. The van der Waals surface area contributed by atoms with Gasteiger partial charge < -0.3 is 9.13 Å². The zero-order valence-electron chi connectivity index (χ0n) is 37.0. The summed E-state index contributed by atoms with van der Waals surface area (Å²) in [5, 5.41) is 14.6. The third-order valence-corrected chi connectivity index (χ3v) is 12.9. The largest absolute Gasteiger partial charge is 0.309 e. The van der Waals surface area contributed by atoms with Crippen molar-refractivity contribution in [1.82, 2.24) is 9.13 Å². The molecule has 1 N–H and O–H groups in total. The van der Waals surface area contributed by atoms with E-state index in [0.29, 0.717) is 11.4 Å². The van der Waals surface area contributed by atoms with Gasteiger partial charge in [-0.05, 0) is 70.3 Å². The van der Waals surface area contributed by atoms with Crippen LogP contribution in [0.2, 0.25) is 0 Å². The summed E-state index contributed by atoms with van der Waals surface area (Å²) in [6, 6.07) is 86.7. The summed E-state index contributed by atoms with van der Waals surface area (Å²) in [7, 11) is 0. The highest BCUT2D eigenvalue weighted by molar-refractivity contribution is 6.26. The van der Waals surface area contributed by atoms with Gasteiger partial charge in [0, 0.05) is 55.7 Å². The molecule has 0 saturated heterocycles. The molecule has 5 nitrogen and oxygen atoms in total. The van der Waals surface area contributed by atoms with Crippen LogP contribution in [0, 0.1) is 5.41 Å². The van der Waals surface area contributed by atoms with Gasteiger partial charge in [0.2, 0.25) is 0 Å². The highest BCUT2D eigenvalue weighted by Gasteiger charge is 2.25. The standard InChI is InChI=1S/C63H43N5/c64-62(66-63(48-26-12-4-13-27-48)65-42-43-34-36-45(37-35-43)44-20-6-1-7-21-44)49-40-54(46-22-8-2-9-23-46)60(55(41-49)47-24-10-3-11-25-47)68-57-33-19-17-31-53(57)59-58(68)39-38-52-51-30-16-18-32-56(51)67(61(52)59)50-28-14-5-15-29-50/h1-42,64H. The number of nitrogens with zero attached hydrogens (tertiary/aromatic N) is 4. The van der Waals surface area contributed by atoms with Gasteiger partial charge >= 0.3 is 0 Å². The highest BCUT2D eigenvalue weighted by Crippen LogP contribution is 2.46. The Morgan fingerprint density at radius 2 is 0.897 bits per heavy atom. The van der Waals surface area contributed by atoms with Crippen LogP contribution < -0.4 is 0 Å². The van der Waals surface area contributed by atoms with E-state index in [1.54, 1.807) is 0 Å². The van der Waals surface area contributed by atoms with Crippen LogP contribution in [-0.4, -0.2) is 27.0 Å². The van der Waals surface area contributed by atoms with E-state index in [1.807, 2.05) is 42.6 Å². The summed E-state index contributed by atoms with van der Waals surface area (Å²) in [4.78, 5) is 10.0. The molecule has 0 spiro atoms. The van der Waals surface area contributed by atoms with Crippen molar-refractivity contribution in [2.45, 2.75) is 0 Å². The van der Waals surface area contributed by atoms with Gasteiger partial charge in [0.15, 0.2) is 11.7 Å². The van der Waals surface area contributed by atoms with Gasteiger partial charge in [-0.15, -0.1) is 0 Å². The van der Waals surface area contributed by atoms with Crippen LogP contribution in [0.4, 0.5) is 0 Å². The fourth-order valence-electron chi connectivity index (χ4n) is 9.74. The predicted octanol–water partition coefficient (Wildman–Crippen LogP) is 15.8. The van der Waals surface area contributed by atoms with Gasteiger partial charge in [0.05, 0.1) is 27.8 Å². The molecule has 320 valence electrons. The molecule has 10 aromatic carbocycles. The Hall–Kier alpha value is -9.19. The number of hydrogen-bond acceptors (Lipinski definition) is 1. The SMILES string of the molecule is N=C(N=C(N=Cc1ccc(-c2ccccc2)cc1)c1ccccc1)c1cc(-c2ccccc2)c(-n2c3ccccc3c3c2ccc2c4ccccc4n(-c4ccccc4)c23)c(-c2ccccc2)c1. The lowest BCUT2D eigenvalue weighted by Crippen LogP contribution is -2.07. The van der Waals surface area contributed by atoms with E-state index in [0.717, 1.165) is 77.8 Å². The molecule has 0 amide bonds. The van der Waals surface area contributed by atoms with Crippen LogP contribution in [0.15, 0.2) is 259 Å². The maximum absolute atomic E-state index is 9.82. The van der Waals surface area contributed by atoms with Crippen LogP contribution >= 0.6 is 0 Å². The number of aliphatic imine (C=N–C) groups is 2. The predicted molar refractivity (Wildman–Crippen MR) is 285 cm³/mol. The molecule has 12 aromatic rings. The molecule has 2 aromatic heterocycles. The lowest BCUT2D eigenvalue weighted by atomic mass is 9.92. The van der Waals surface area contributed by atoms with E-state index in [4.69, 9.17) is 9.98 Å². The molecule has 0 unspecified atom stereocenters. The van der Waals surface area contributed by atoms with Crippen molar-refractivity contribution >= 4 is 61.5 Å². The molecule has 0 aliphatic rings. The van der Waals surface area contributed by atoms with Gasteiger partial charge in [-0.2, -0.15) is 0 Å². The molecule has 0 aliphatic heterocycles. The summed E-state index contributed by atoms with van der Waals surface area (Å²) < 4.78 is 4.87. The number of benzene rings is 10. The average Bonchev–Trinajstić information content (AvgIpc) is 3.93. The lowest BCUT2D eigenvalue weighted by molar-refractivity contribution is 1.17. The monoisotopic (exact) mass is 869 g/mol. The number of rotatable bonds is 8. The van der Waals surface area contributed by atoms with Crippen molar-refractivity contribution < 1.29 is 0 Å². The zero-order chi connectivity index (χ0) is 45.4. The first-order chi connectivity index (χ1) is 33.7.